The van der Waals surface area contributed by atoms with Gasteiger partial charge in [0.15, 0.2) is 0 Å². The minimum Gasteiger partial charge on any atom is -0.333 e. The Bertz CT molecular complexity index is 761. The minimum atomic E-state index is -0.358. The van der Waals surface area contributed by atoms with Gasteiger partial charge in [-0.05, 0) is 5.56 Å². The Morgan fingerprint density at radius 3 is 2.83 bits per heavy atom. The highest BCUT2D eigenvalue weighted by atomic mass is 35.5. The average Bonchev–Trinajstić information content (AvgIpc) is 2.63. The molecule has 1 aromatic carbocycles. The topological polar surface area (TPSA) is 73.1 Å². The summed E-state index contributed by atoms with van der Waals surface area (Å²) in [5.74, 6) is -0.262. The molecule has 1 aliphatic heterocycles. The molecule has 0 saturated carbocycles. The number of carbonyl (C=O) groups excluding carboxylic acids is 1. The molecule has 0 bridgehead atoms. The number of nitriles is 1. The van der Waals surface area contributed by atoms with Gasteiger partial charge in [0.1, 0.15) is 18.1 Å². The summed E-state index contributed by atoms with van der Waals surface area (Å²) in [6.45, 7) is 2.18. The van der Waals surface area contributed by atoms with E-state index in [1.54, 1.807) is 4.90 Å². The third-order valence-electron chi connectivity index (χ3n) is 4.03. The molecule has 1 saturated heterocycles. The van der Waals surface area contributed by atoms with Crippen molar-refractivity contribution in [2.45, 2.75) is 12.6 Å². The molecular weight excluding hydrogens is 326 g/mol. The summed E-state index contributed by atoms with van der Waals surface area (Å²) in [4.78, 5) is 24.0. The number of hydrogen-bond acceptors (Lipinski definition) is 5. The molecule has 1 aromatic heterocycles. The number of nitrogens with zero attached hydrogens (tertiary/aromatic N) is 5. The van der Waals surface area contributed by atoms with Crippen LogP contribution < -0.4 is 0 Å². The van der Waals surface area contributed by atoms with Crippen molar-refractivity contribution < 1.29 is 4.79 Å². The maximum absolute atomic E-state index is 12.6. The van der Waals surface area contributed by atoms with Crippen molar-refractivity contribution in [2.75, 3.05) is 19.6 Å². The fraction of sp³-hybridized carbons (Fsp3) is 0.294. The van der Waals surface area contributed by atoms with Crippen LogP contribution in [0.25, 0.3) is 0 Å². The largest absolute Gasteiger partial charge is 0.333 e. The molecule has 3 rings (SSSR count). The monoisotopic (exact) mass is 341 g/mol. The van der Waals surface area contributed by atoms with E-state index in [1.807, 2.05) is 30.3 Å². The average molecular weight is 342 g/mol. The molecule has 1 atom stereocenters. The lowest BCUT2D eigenvalue weighted by Crippen LogP contribution is -2.53. The molecule has 1 aliphatic rings. The molecule has 7 heteroatoms. The number of piperazine rings is 1. The van der Waals surface area contributed by atoms with E-state index in [9.17, 15) is 10.1 Å². The van der Waals surface area contributed by atoms with Gasteiger partial charge in [0.25, 0.3) is 5.91 Å². The third-order valence-corrected chi connectivity index (χ3v) is 4.30. The maximum Gasteiger partial charge on any atom is 0.274 e. The Morgan fingerprint density at radius 1 is 1.33 bits per heavy atom. The maximum atomic E-state index is 12.6. The van der Waals surface area contributed by atoms with E-state index in [-0.39, 0.29) is 22.7 Å². The number of carbonyl (C=O) groups is 1. The smallest absolute Gasteiger partial charge is 0.274 e. The molecule has 24 heavy (non-hydrogen) atoms. The second-order valence-corrected chi connectivity index (χ2v) is 5.98. The van der Waals surface area contributed by atoms with Crippen LogP contribution >= 0.6 is 11.6 Å². The van der Waals surface area contributed by atoms with E-state index >= 15 is 0 Å². The second-order valence-electron chi connectivity index (χ2n) is 5.57. The molecule has 1 unspecified atom stereocenters. The van der Waals surface area contributed by atoms with Gasteiger partial charge in [-0.2, -0.15) is 5.26 Å². The molecule has 0 radical (unpaired) electrons. The van der Waals surface area contributed by atoms with Crippen molar-refractivity contribution in [1.82, 2.24) is 19.8 Å². The number of halogens is 1. The molecular formula is C17H16ClN5O. The Labute approximate surface area is 145 Å². The van der Waals surface area contributed by atoms with Gasteiger partial charge < -0.3 is 4.90 Å². The van der Waals surface area contributed by atoms with Gasteiger partial charge in [-0.1, -0.05) is 41.9 Å². The molecule has 1 fully saturated rings. The van der Waals surface area contributed by atoms with Crippen molar-refractivity contribution in [1.29, 1.82) is 5.26 Å². The second kappa shape index (κ2) is 7.39. The van der Waals surface area contributed by atoms with E-state index < -0.39 is 0 Å². The molecule has 0 N–H and O–H groups in total. The summed E-state index contributed by atoms with van der Waals surface area (Å²) in [7, 11) is 0. The first-order valence-corrected chi connectivity index (χ1v) is 7.99. The summed E-state index contributed by atoms with van der Waals surface area (Å²) in [5, 5.41) is 9.71. The normalized spacial score (nSPS) is 18.2. The molecule has 2 heterocycles. The van der Waals surface area contributed by atoms with Crippen LogP contribution in [0, 0.1) is 11.3 Å². The molecule has 0 spiro atoms. The first-order chi connectivity index (χ1) is 11.7. The third kappa shape index (κ3) is 3.53. The van der Waals surface area contributed by atoms with Gasteiger partial charge in [0.2, 0.25) is 0 Å². The summed E-state index contributed by atoms with van der Waals surface area (Å²) in [6, 6.07) is 11.9. The predicted molar refractivity (Wildman–Crippen MR) is 89.2 cm³/mol. The summed E-state index contributed by atoms with van der Waals surface area (Å²) in [6.07, 6.45) is 2.70. The number of hydrogen-bond donors (Lipinski definition) is 0. The lowest BCUT2D eigenvalue weighted by atomic mass is 10.1. The highest BCUT2D eigenvalue weighted by Gasteiger charge is 2.31. The van der Waals surface area contributed by atoms with Crippen molar-refractivity contribution in [3.63, 3.8) is 0 Å². The fourth-order valence-corrected chi connectivity index (χ4v) is 2.94. The van der Waals surface area contributed by atoms with E-state index in [4.69, 9.17) is 11.6 Å². The zero-order valence-corrected chi connectivity index (χ0v) is 13.7. The van der Waals surface area contributed by atoms with Gasteiger partial charge in [-0.25, -0.2) is 9.97 Å². The highest BCUT2D eigenvalue weighted by Crippen LogP contribution is 2.18. The van der Waals surface area contributed by atoms with E-state index in [0.29, 0.717) is 26.2 Å². The molecule has 0 aliphatic carbocycles. The summed E-state index contributed by atoms with van der Waals surface area (Å²) >= 11 is 6.00. The Hall–Kier alpha value is -2.49. The first kappa shape index (κ1) is 16.4. The van der Waals surface area contributed by atoms with Gasteiger partial charge in [0.05, 0.1) is 17.6 Å². The van der Waals surface area contributed by atoms with Crippen LogP contribution in [0.2, 0.25) is 5.02 Å². The molecule has 122 valence electrons. The van der Waals surface area contributed by atoms with E-state index in [0.717, 1.165) is 5.56 Å². The number of benzene rings is 1. The van der Waals surface area contributed by atoms with Crippen LogP contribution in [-0.2, 0) is 6.54 Å². The Kier molecular flexibility index (Phi) is 5.04. The van der Waals surface area contributed by atoms with Crippen molar-refractivity contribution in [3.8, 4) is 6.07 Å². The lowest BCUT2D eigenvalue weighted by molar-refractivity contribution is 0.0546. The van der Waals surface area contributed by atoms with Crippen LogP contribution in [0.1, 0.15) is 16.1 Å². The highest BCUT2D eigenvalue weighted by molar-refractivity contribution is 6.33. The lowest BCUT2D eigenvalue weighted by Gasteiger charge is -2.38. The summed E-state index contributed by atoms with van der Waals surface area (Å²) < 4.78 is 0. The van der Waals surface area contributed by atoms with Crippen LogP contribution in [0.15, 0.2) is 42.9 Å². The Morgan fingerprint density at radius 2 is 2.12 bits per heavy atom. The fourth-order valence-electron chi connectivity index (χ4n) is 2.75. The minimum absolute atomic E-state index is 0.180. The van der Waals surface area contributed by atoms with E-state index in [1.165, 1.54) is 12.5 Å². The Balaban J connectivity index is 1.70. The number of aromatic nitrogens is 2. The number of rotatable bonds is 3. The molecule has 2 aromatic rings. The first-order valence-electron chi connectivity index (χ1n) is 7.61. The molecule has 1 amide bonds. The SMILES string of the molecule is N#CC1CN(C(=O)c2ncncc2Cl)CCN1Cc1ccccc1. The zero-order valence-electron chi connectivity index (χ0n) is 13.0. The van der Waals surface area contributed by atoms with Crippen LogP contribution in [0.5, 0.6) is 0 Å². The van der Waals surface area contributed by atoms with Gasteiger partial charge >= 0.3 is 0 Å². The zero-order chi connectivity index (χ0) is 16.9. The standard InChI is InChI=1S/C17H16ClN5O/c18-15-9-20-12-21-16(15)17(24)23-7-6-22(14(8-19)11-23)10-13-4-2-1-3-5-13/h1-5,9,12,14H,6-7,10-11H2. The predicted octanol–water partition coefficient (Wildman–Crippen LogP) is 1.98. The molecule has 6 nitrogen and oxygen atoms in total. The number of amides is 1. The van der Waals surface area contributed by atoms with Gasteiger partial charge in [-0.15, -0.1) is 0 Å². The van der Waals surface area contributed by atoms with Crippen LogP contribution in [0.4, 0.5) is 0 Å². The van der Waals surface area contributed by atoms with Crippen LogP contribution in [0.3, 0.4) is 0 Å². The van der Waals surface area contributed by atoms with Gasteiger partial charge in [0, 0.05) is 25.8 Å². The van der Waals surface area contributed by atoms with Gasteiger partial charge in [-0.3, -0.25) is 9.69 Å². The summed E-state index contributed by atoms with van der Waals surface area (Å²) in [5.41, 5.74) is 1.33. The van der Waals surface area contributed by atoms with Crippen molar-refractivity contribution >= 4 is 17.5 Å². The van der Waals surface area contributed by atoms with E-state index in [2.05, 4.69) is 20.9 Å². The van der Waals surface area contributed by atoms with Crippen molar-refractivity contribution in [3.05, 3.63) is 59.1 Å². The van der Waals surface area contributed by atoms with Crippen molar-refractivity contribution in [2.24, 2.45) is 0 Å². The van der Waals surface area contributed by atoms with Crippen LogP contribution in [-0.4, -0.2) is 51.4 Å². The quantitative estimate of drug-likeness (QED) is 0.853.